The lowest BCUT2D eigenvalue weighted by Gasteiger charge is -2.00. The molecule has 0 aliphatic heterocycles. The SMILES string of the molecule is CO[C@@H](C)c1noc(-c2nc3nc(C)cc(C)n3n2)n1. The predicted octanol–water partition coefficient (Wildman–Crippen LogP) is 1.50. The Hall–Kier alpha value is -2.35. The summed E-state index contributed by atoms with van der Waals surface area (Å²) in [5, 5.41) is 8.18. The van der Waals surface area contributed by atoms with Gasteiger partial charge in [0.15, 0.2) is 0 Å². The maximum absolute atomic E-state index is 5.17. The lowest BCUT2D eigenvalue weighted by Crippen LogP contribution is -1.98. The van der Waals surface area contributed by atoms with E-state index in [0.717, 1.165) is 11.4 Å². The zero-order valence-corrected chi connectivity index (χ0v) is 11.7. The van der Waals surface area contributed by atoms with Crippen molar-refractivity contribution >= 4 is 5.78 Å². The Morgan fingerprint density at radius 2 is 2.05 bits per heavy atom. The van der Waals surface area contributed by atoms with Crippen molar-refractivity contribution in [2.45, 2.75) is 26.9 Å². The van der Waals surface area contributed by atoms with Crippen molar-refractivity contribution in [2.24, 2.45) is 0 Å². The number of ether oxygens (including phenoxy) is 1. The molecular weight excluding hydrogens is 260 g/mol. The molecule has 0 radical (unpaired) electrons. The van der Waals surface area contributed by atoms with Gasteiger partial charge in [-0.2, -0.15) is 9.97 Å². The van der Waals surface area contributed by atoms with Gasteiger partial charge in [0.1, 0.15) is 6.10 Å². The third-order valence-electron chi connectivity index (χ3n) is 2.97. The van der Waals surface area contributed by atoms with Crippen LogP contribution in [0.25, 0.3) is 17.5 Å². The van der Waals surface area contributed by atoms with Crippen LogP contribution < -0.4 is 0 Å². The molecule has 8 nitrogen and oxygen atoms in total. The fourth-order valence-corrected chi connectivity index (χ4v) is 1.85. The first-order valence-electron chi connectivity index (χ1n) is 6.16. The standard InChI is InChI=1S/C12H14N6O2/c1-6-5-7(2)18-12(13-6)15-10(16-18)11-14-9(17-20-11)8(3)19-4/h5,8H,1-4H3/t8-/m0/s1. The minimum Gasteiger partial charge on any atom is -0.374 e. The van der Waals surface area contributed by atoms with Crippen LogP contribution in [0.15, 0.2) is 10.6 Å². The van der Waals surface area contributed by atoms with Gasteiger partial charge in [-0.25, -0.2) is 9.50 Å². The van der Waals surface area contributed by atoms with Crippen LogP contribution in [0.4, 0.5) is 0 Å². The van der Waals surface area contributed by atoms with E-state index >= 15 is 0 Å². The van der Waals surface area contributed by atoms with E-state index in [1.54, 1.807) is 11.6 Å². The monoisotopic (exact) mass is 274 g/mol. The van der Waals surface area contributed by atoms with Gasteiger partial charge in [0, 0.05) is 18.5 Å². The summed E-state index contributed by atoms with van der Waals surface area (Å²) >= 11 is 0. The van der Waals surface area contributed by atoms with Gasteiger partial charge in [0.25, 0.3) is 11.7 Å². The van der Waals surface area contributed by atoms with Gasteiger partial charge in [-0.05, 0) is 26.8 Å². The average Bonchev–Trinajstić information content (AvgIpc) is 3.03. The molecule has 20 heavy (non-hydrogen) atoms. The Balaban J connectivity index is 2.06. The molecule has 0 aliphatic rings. The zero-order chi connectivity index (χ0) is 14.3. The zero-order valence-electron chi connectivity index (χ0n) is 11.7. The number of hydrogen-bond acceptors (Lipinski definition) is 7. The minimum atomic E-state index is -0.244. The highest BCUT2D eigenvalue weighted by Gasteiger charge is 2.18. The lowest BCUT2D eigenvalue weighted by atomic mass is 10.4. The van der Waals surface area contributed by atoms with Gasteiger partial charge in [0.2, 0.25) is 11.6 Å². The van der Waals surface area contributed by atoms with Crippen LogP contribution in [0.5, 0.6) is 0 Å². The van der Waals surface area contributed by atoms with Gasteiger partial charge in [-0.15, -0.1) is 5.10 Å². The predicted molar refractivity (Wildman–Crippen MR) is 69.0 cm³/mol. The maximum atomic E-state index is 5.17. The molecule has 0 unspecified atom stereocenters. The number of aromatic nitrogens is 6. The number of methoxy groups -OCH3 is 1. The molecule has 0 spiro atoms. The molecule has 3 rings (SSSR count). The van der Waals surface area contributed by atoms with Crippen molar-refractivity contribution in [3.8, 4) is 11.7 Å². The van der Waals surface area contributed by atoms with E-state index < -0.39 is 0 Å². The molecule has 1 atom stereocenters. The molecule has 0 N–H and O–H groups in total. The van der Waals surface area contributed by atoms with Crippen molar-refractivity contribution in [3.63, 3.8) is 0 Å². The first-order valence-corrected chi connectivity index (χ1v) is 6.16. The van der Waals surface area contributed by atoms with E-state index in [1.807, 2.05) is 26.8 Å². The molecule has 0 fully saturated rings. The second kappa shape index (κ2) is 4.64. The molecule has 3 aromatic rings. The van der Waals surface area contributed by atoms with Crippen molar-refractivity contribution in [3.05, 3.63) is 23.3 Å². The topological polar surface area (TPSA) is 91.2 Å². The van der Waals surface area contributed by atoms with Crippen LogP contribution in [-0.4, -0.2) is 36.8 Å². The fraction of sp³-hybridized carbons (Fsp3) is 0.417. The fourth-order valence-electron chi connectivity index (χ4n) is 1.85. The lowest BCUT2D eigenvalue weighted by molar-refractivity contribution is 0.109. The summed E-state index contributed by atoms with van der Waals surface area (Å²) in [6.45, 7) is 5.68. The molecule has 0 amide bonds. The molecule has 0 saturated heterocycles. The summed E-state index contributed by atoms with van der Waals surface area (Å²) in [4.78, 5) is 12.9. The summed E-state index contributed by atoms with van der Waals surface area (Å²) in [5.41, 5.74) is 1.82. The summed E-state index contributed by atoms with van der Waals surface area (Å²) < 4.78 is 11.9. The molecular formula is C12H14N6O2. The van der Waals surface area contributed by atoms with Crippen LogP contribution in [0.2, 0.25) is 0 Å². The molecule has 0 bridgehead atoms. The van der Waals surface area contributed by atoms with Crippen molar-refractivity contribution in [1.82, 2.24) is 29.7 Å². The van der Waals surface area contributed by atoms with E-state index in [2.05, 4.69) is 25.2 Å². The van der Waals surface area contributed by atoms with E-state index in [-0.39, 0.29) is 12.0 Å². The highest BCUT2D eigenvalue weighted by Crippen LogP contribution is 2.18. The normalized spacial score (nSPS) is 13.0. The summed E-state index contributed by atoms with van der Waals surface area (Å²) in [5.74, 6) is 1.58. The smallest absolute Gasteiger partial charge is 0.297 e. The average molecular weight is 274 g/mol. The maximum Gasteiger partial charge on any atom is 0.297 e. The van der Waals surface area contributed by atoms with Crippen LogP contribution in [0, 0.1) is 13.8 Å². The molecule has 104 valence electrons. The molecule has 3 aromatic heterocycles. The highest BCUT2D eigenvalue weighted by molar-refractivity contribution is 5.45. The Kier molecular flexibility index (Phi) is 2.94. The number of fused-ring (bicyclic) bond motifs is 1. The van der Waals surface area contributed by atoms with Gasteiger partial charge >= 0.3 is 0 Å². The Morgan fingerprint density at radius 1 is 1.25 bits per heavy atom. The van der Waals surface area contributed by atoms with Crippen molar-refractivity contribution < 1.29 is 9.26 Å². The van der Waals surface area contributed by atoms with Crippen LogP contribution in [0.1, 0.15) is 30.2 Å². The second-order valence-corrected chi connectivity index (χ2v) is 4.52. The third kappa shape index (κ3) is 2.03. The molecule has 0 aliphatic carbocycles. The summed E-state index contributed by atoms with van der Waals surface area (Å²) in [6, 6.07) is 1.93. The first-order chi connectivity index (χ1) is 9.58. The van der Waals surface area contributed by atoms with Gasteiger partial charge in [-0.1, -0.05) is 5.16 Å². The summed E-state index contributed by atoms with van der Waals surface area (Å²) in [6.07, 6.45) is -0.244. The Labute approximate surface area is 114 Å². The number of nitrogens with zero attached hydrogens (tertiary/aromatic N) is 6. The van der Waals surface area contributed by atoms with Crippen LogP contribution in [-0.2, 0) is 4.74 Å². The Morgan fingerprint density at radius 3 is 2.80 bits per heavy atom. The number of hydrogen-bond donors (Lipinski definition) is 0. The van der Waals surface area contributed by atoms with Gasteiger partial charge in [-0.3, -0.25) is 0 Å². The first kappa shape index (κ1) is 12.7. The Bertz CT molecular complexity index is 762. The summed E-state index contributed by atoms with van der Waals surface area (Å²) in [7, 11) is 1.58. The molecule has 8 heteroatoms. The number of rotatable bonds is 3. The molecule has 0 aromatic carbocycles. The molecule has 0 saturated carbocycles. The quantitative estimate of drug-likeness (QED) is 0.714. The second-order valence-electron chi connectivity index (χ2n) is 4.52. The van der Waals surface area contributed by atoms with Crippen molar-refractivity contribution in [2.75, 3.05) is 7.11 Å². The number of aryl methyl sites for hydroxylation is 2. The van der Waals surface area contributed by atoms with E-state index in [4.69, 9.17) is 9.26 Å². The molecule has 3 heterocycles. The van der Waals surface area contributed by atoms with Gasteiger partial charge < -0.3 is 9.26 Å². The van der Waals surface area contributed by atoms with Crippen LogP contribution in [0.3, 0.4) is 0 Å². The van der Waals surface area contributed by atoms with E-state index in [0.29, 0.717) is 17.4 Å². The van der Waals surface area contributed by atoms with E-state index in [1.165, 1.54) is 0 Å². The van der Waals surface area contributed by atoms with Gasteiger partial charge in [0.05, 0.1) is 0 Å². The highest BCUT2D eigenvalue weighted by atomic mass is 16.5. The minimum absolute atomic E-state index is 0.244. The largest absolute Gasteiger partial charge is 0.374 e. The van der Waals surface area contributed by atoms with Crippen molar-refractivity contribution in [1.29, 1.82) is 0 Å². The third-order valence-corrected chi connectivity index (χ3v) is 2.97. The van der Waals surface area contributed by atoms with Crippen LogP contribution >= 0.6 is 0 Å². The van der Waals surface area contributed by atoms with E-state index in [9.17, 15) is 0 Å².